The Morgan fingerprint density at radius 2 is 2.12 bits per heavy atom. The Morgan fingerprint density at radius 1 is 1.31 bits per heavy atom. The molecule has 1 heterocycles. The number of hydrogen-bond acceptors (Lipinski definition) is 3. The van der Waals surface area contributed by atoms with Crippen molar-refractivity contribution in [2.75, 3.05) is 0 Å². The highest BCUT2D eigenvalue weighted by atomic mass is 15.2. The second-order valence-corrected chi connectivity index (χ2v) is 4.27. The van der Waals surface area contributed by atoms with Gasteiger partial charge in [0.2, 0.25) is 0 Å². The summed E-state index contributed by atoms with van der Waals surface area (Å²) in [5.41, 5.74) is 4.96. The highest BCUT2D eigenvalue weighted by Crippen LogP contribution is 2.17. The monoisotopic (exact) mass is 221 g/mol. The maximum absolute atomic E-state index is 5.58. The minimum Gasteiger partial charge on any atom is -0.271 e. The lowest BCUT2D eigenvalue weighted by Crippen LogP contribution is -2.28. The summed E-state index contributed by atoms with van der Waals surface area (Å²) < 4.78 is 0. The molecular formula is C13H23N3. The zero-order valence-electron chi connectivity index (χ0n) is 10.4. The summed E-state index contributed by atoms with van der Waals surface area (Å²) in [5.74, 6) is 5.58. The van der Waals surface area contributed by atoms with Crippen LogP contribution in [-0.4, -0.2) is 4.98 Å². The van der Waals surface area contributed by atoms with E-state index in [1.807, 2.05) is 25.1 Å². The number of rotatable bonds is 7. The van der Waals surface area contributed by atoms with Gasteiger partial charge in [0.1, 0.15) is 0 Å². The molecule has 0 fully saturated rings. The normalized spacial score (nSPS) is 12.7. The second kappa shape index (κ2) is 7.36. The fourth-order valence-electron chi connectivity index (χ4n) is 1.85. The van der Waals surface area contributed by atoms with Gasteiger partial charge in [-0.15, -0.1) is 0 Å². The molecule has 0 aliphatic heterocycles. The lowest BCUT2D eigenvalue weighted by atomic mass is 10.0. The smallest absolute Gasteiger partial charge is 0.0632 e. The van der Waals surface area contributed by atoms with Gasteiger partial charge in [0.15, 0.2) is 0 Å². The van der Waals surface area contributed by atoms with Gasteiger partial charge in [0, 0.05) is 5.69 Å². The number of unbranched alkanes of at least 4 members (excludes halogenated alkanes) is 3. The van der Waals surface area contributed by atoms with Crippen molar-refractivity contribution in [3.05, 3.63) is 29.6 Å². The van der Waals surface area contributed by atoms with Gasteiger partial charge in [-0.2, -0.15) is 0 Å². The van der Waals surface area contributed by atoms with E-state index in [0.717, 1.165) is 17.8 Å². The highest BCUT2D eigenvalue weighted by molar-refractivity contribution is 5.13. The molecule has 1 aromatic heterocycles. The van der Waals surface area contributed by atoms with Crippen molar-refractivity contribution in [2.24, 2.45) is 5.84 Å². The van der Waals surface area contributed by atoms with E-state index in [9.17, 15) is 0 Å². The summed E-state index contributed by atoms with van der Waals surface area (Å²) in [6.07, 6.45) is 6.12. The minimum absolute atomic E-state index is 0.191. The number of nitrogens with two attached hydrogens (primary N) is 1. The molecule has 1 atom stereocenters. The lowest BCUT2D eigenvalue weighted by Gasteiger charge is -2.15. The minimum atomic E-state index is 0.191. The zero-order valence-corrected chi connectivity index (χ0v) is 10.4. The van der Waals surface area contributed by atoms with Crippen molar-refractivity contribution in [1.29, 1.82) is 0 Å². The van der Waals surface area contributed by atoms with Gasteiger partial charge in [0.25, 0.3) is 0 Å². The molecule has 1 rings (SSSR count). The third-order valence-electron chi connectivity index (χ3n) is 2.81. The molecular weight excluding hydrogens is 198 g/mol. The van der Waals surface area contributed by atoms with E-state index in [0.29, 0.717) is 0 Å². The Labute approximate surface area is 98.4 Å². The third-order valence-corrected chi connectivity index (χ3v) is 2.81. The standard InChI is InChI=1S/C13H23N3/c1-3-4-5-6-9-13(16-14)12-10-7-8-11(2)15-12/h7-8,10,13,16H,3-6,9,14H2,1-2H3. The lowest BCUT2D eigenvalue weighted by molar-refractivity contribution is 0.472. The van der Waals surface area contributed by atoms with Crippen molar-refractivity contribution < 1.29 is 0 Å². The first-order valence-electron chi connectivity index (χ1n) is 6.17. The highest BCUT2D eigenvalue weighted by Gasteiger charge is 2.10. The molecule has 0 spiro atoms. The van der Waals surface area contributed by atoms with Crippen molar-refractivity contribution in [1.82, 2.24) is 10.4 Å². The predicted molar refractivity (Wildman–Crippen MR) is 67.8 cm³/mol. The molecule has 3 heteroatoms. The van der Waals surface area contributed by atoms with Crippen LogP contribution in [0.2, 0.25) is 0 Å². The van der Waals surface area contributed by atoms with Crippen molar-refractivity contribution >= 4 is 0 Å². The van der Waals surface area contributed by atoms with Gasteiger partial charge >= 0.3 is 0 Å². The van der Waals surface area contributed by atoms with E-state index in [-0.39, 0.29) is 6.04 Å². The summed E-state index contributed by atoms with van der Waals surface area (Å²) in [6, 6.07) is 6.27. The number of hydrazine groups is 1. The number of aryl methyl sites for hydroxylation is 1. The third kappa shape index (κ3) is 4.29. The number of nitrogens with zero attached hydrogens (tertiary/aromatic N) is 1. The van der Waals surface area contributed by atoms with Crippen LogP contribution < -0.4 is 11.3 Å². The fraction of sp³-hybridized carbons (Fsp3) is 0.615. The summed E-state index contributed by atoms with van der Waals surface area (Å²) >= 11 is 0. The fourth-order valence-corrected chi connectivity index (χ4v) is 1.85. The van der Waals surface area contributed by atoms with Gasteiger partial charge in [-0.1, -0.05) is 38.7 Å². The zero-order chi connectivity index (χ0) is 11.8. The van der Waals surface area contributed by atoms with Crippen LogP contribution in [0.4, 0.5) is 0 Å². The van der Waals surface area contributed by atoms with E-state index in [1.54, 1.807) is 0 Å². The number of pyridine rings is 1. The predicted octanol–water partition coefficient (Wildman–Crippen LogP) is 2.86. The van der Waals surface area contributed by atoms with Crippen LogP contribution in [0.5, 0.6) is 0 Å². The Balaban J connectivity index is 2.47. The molecule has 0 bridgehead atoms. The average Bonchev–Trinajstić information content (AvgIpc) is 2.29. The molecule has 0 aromatic carbocycles. The van der Waals surface area contributed by atoms with Crippen LogP contribution >= 0.6 is 0 Å². The Kier molecular flexibility index (Phi) is 6.04. The Bertz CT molecular complexity index is 299. The van der Waals surface area contributed by atoms with Crippen molar-refractivity contribution in [2.45, 2.75) is 52.0 Å². The Hall–Kier alpha value is -0.930. The van der Waals surface area contributed by atoms with Crippen LogP contribution in [-0.2, 0) is 0 Å². The molecule has 3 nitrogen and oxygen atoms in total. The molecule has 0 saturated heterocycles. The van der Waals surface area contributed by atoms with E-state index in [1.165, 1.54) is 25.7 Å². The molecule has 1 aromatic rings. The second-order valence-electron chi connectivity index (χ2n) is 4.27. The molecule has 0 aliphatic rings. The van der Waals surface area contributed by atoms with Gasteiger partial charge < -0.3 is 0 Å². The largest absolute Gasteiger partial charge is 0.271 e. The summed E-state index contributed by atoms with van der Waals surface area (Å²) in [7, 11) is 0. The summed E-state index contributed by atoms with van der Waals surface area (Å²) in [4.78, 5) is 4.50. The average molecular weight is 221 g/mol. The first-order chi connectivity index (χ1) is 7.77. The van der Waals surface area contributed by atoms with Crippen LogP contribution in [0.3, 0.4) is 0 Å². The molecule has 0 radical (unpaired) electrons. The number of hydrogen-bond donors (Lipinski definition) is 2. The maximum atomic E-state index is 5.58. The number of nitrogens with one attached hydrogen (secondary N) is 1. The van der Waals surface area contributed by atoms with Crippen LogP contribution in [0.1, 0.15) is 56.5 Å². The molecule has 0 aliphatic carbocycles. The molecule has 1 unspecified atom stereocenters. The quantitative estimate of drug-likeness (QED) is 0.423. The molecule has 0 saturated carbocycles. The summed E-state index contributed by atoms with van der Waals surface area (Å²) in [5, 5.41) is 0. The van der Waals surface area contributed by atoms with E-state index >= 15 is 0 Å². The maximum Gasteiger partial charge on any atom is 0.0632 e. The summed E-state index contributed by atoms with van der Waals surface area (Å²) in [6.45, 7) is 4.23. The van der Waals surface area contributed by atoms with Gasteiger partial charge in [-0.3, -0.25) is 16.3 Å². The first-order valence-corrected chi connectivity index (χ1v) is 6.17. The van der Waals surface area contributed by atoms with Crippen molar-refractivity contribution in [3.8, 4) is 0 Å². The van der Waals surface area contributed by atoms with Gasteiger partial charge in [-0.05, 0) is 25.5 Å². The van der Waals surface area contributed by atoms with Gasteiger partial charge in [0.05, 0.1) is 11.7 Å². The molecule has 0 amide bonds. The van der Waals surface area contributed by atoms with E-state index in [4.69, 9.17) is 5.84 Å². The van der Waals surface area contributed by atoms with Gasteiger partial charge in [-0.25, -0.2) is 0 Å². The van der Waals surface area contributed by atoms with Crippen LogP contribution in [0.15, 0.2) is 18.2 Å². The molecule has 90 valence electrons. The van der Waals surface area contributed by atoms with E-state index in [2.05, 4.69) is 17.3 Å². The first kappa shape index (κ1) is 13.1. The van der Waals surface area contributed by atoms with Crippen molar-refractivity contribution in [3.63, 3.8) is 0 Å². The van der Waals surface area contributed by atoms with Crippen LogP contribution in [0, 0.1) is 6.92 Å². The molecule has 16 heavy (non-hydrogen) atoms. The van der Waals surface area contributed by atoms with Crippen LogP contribution in [0.25, 0.3) is 0 Å². The SMILES string of the molecule is CCCCCCC(NN)c1cccc(C)n1. The van der Waals surface area contributed by atoms with E-state index < -0.39 is 0 Å². The Morgan fingerprint density at radius 3 is 2.75 bits per heavy atom. The topological polar surface area (TPSA) is 50.9 Å². The molecule has 3 N–H and O–H groups in total. The number of aromatic nitrogens is 1.